The van der Waals surface area contributed by atoms with Gasteiger partial charge in [0.1, 0.15) is 16.1 Å². The molecule has 27 heavy (non-hydrogen) atoms. The van der Waals surface area contributed by atoms with Crippen LogP contribution in [0.5, 0.6) is 0 Å². The van der Waals surface area contributed by atoms with Crippen LogP contribution < -0.4 is 11.1 Å². The van der Waals surface area contributed by atoms with Crippen LogP contribution in [0.1, 0.15) is 29.1 Å². The monoisotopic (exact) mass is 411 g/mol. The van der Waals surface area contributed by atoms with Gasteiger partial charge in [0.05, 0.1) is 11.7 Å². The lowest BCUT2D eigenvalue weighted by Gasteiger charge is -2.36. The second-order valence-electron chi connectivity index (χ2n) is 6.50. The number of aromatic nitrogens is 3. The molecule has 1 amide bonds. The standard InChI is InChI=1S/C17H16ClF2N5OS/c18-14-12(9-8-22-25-7-2-1-5-11(9)25)23-16(27-14)15(26)24-13-10(21)4-3-6-17(13,19)20/h1-2,5,7-8,10,13H,3-4,6,21H2,(H,24,26)/t10-,13+/m0/s1. The number of fused-ring (bicyclic) bond motifs is 1. The fraction of sp³-hybridized carbons (Fsp3) is 0.353. The van der Waals surface area contributed by atoms with Gasteiger partial charge >= 0.3 is 0 Å². The number of hydrogen-bond acceptors (Lipinski definition) is 5. The molecule has 1 fully saturated rings. The fourth-order valence-electron chi connectivity index (χ4n) is 3.31. The first kappa shape index (κ1) is 18.3. The number of carbonyl (C=O) groups excluding carboxylic acids is 1. The molecule has 0 unspecified atom stereocenters. The summed E-state index contributed by atoms with van der Waals surface area (Å²) < 4.78 is 30.2. The molecule has 6 nitrogen and oxygen atoms in total. The van der Waals surface area contributed by atoms with Gasteiger partial charge < -0.3 is 11.1 Å². The molecule has 0 saturated heterocycles. The molecule has 10 heteroatoms. The Morgan fingerprint density at radius 3 is 3.04 bits per heavy atom. The van der Waals surface area contributed by atoms with E-state index in [0.717, 1.165) is 16.9 Å². The van der Waals surface area contributed by atoms with Crippen molar-refractivity contribution < 1.29 is 13.6 Å². The van der Waals surface area contributed by atoms with E-state index in [1.165, 1.54) is 0 Å². The first-order chi connectivity index (χ1) is 12.9. The number of alkyl halides is 2. The Morgan fingerprint density at radius 2 is 2.26 bits per heavy atom. The average Bonchev–Trinajstić information content (AvgIpc) is 3.21. The Bertz CT molecular complexity index is 1000. The van der Waals surface area contributed by atoms with Gasteiger partial charge in [0, 0.05) is 24.2 Å². The lowest BCUT2D eigenvalue weighted by atomic mass is 9.87. The number of nitrogens with two attached hydrogens (primary N) is 1. The number of carbonyl (C=O) groups is 1. The van der Waals surface area contributed by atoms with Crippen molar-refractivity contribution in [1.29, 1.82) is 0 Å². The number of hydrogen-bond donors (Lipinski definition) is 2. The Morgan fingerprint density at radius 1 is 1.44 bits per heavy atom. The summed E-state index contributed by atoms with van der Waals surface area (Å²) in [5, 5.41) is 6.58. The Hall–Kier alpha value is -2.10. The van der Waals surface area contributed by atoms with E-state index in [4.69, 9.17) is 17.3 Å². The lowest BCUT2D eigenvalue weighted by molar-refractivity contribution is -0.0674. The molecule has 1 aliphatic rings. The molecule has 0 bridgehead atoms. The van der Waals surface area contributed by atoms with Crippen LogP contribution in [0, 0.1) is 0 Å². The zero-order valence-electron chi connectivity index (χ0n) is 14.0. The van der Waals surface area contributed by atoms with E-state index in [9.17, 15) is 13.6 Å². The summed E-state index contributed by atoms with van der Waals surface area (Å²) in [7, 11) is 0. The Labute approximate surface area is 162 Å². The molecule has 0 spiro atoms. The van der Waals surface area contributed by atoms with E-state index < -0.39 is 23.9 Å². The molecule has 1 saturated carbocycles. The Balaban J connectivity index is 1.62. The van der Waals surface area contributed by atoms with Gasteiger partial charge in [-0.05, 0) is 25.0 Å². The predicted octanol–water partition coefficient (Wildman–Crippen LogP) is 3.36. The molecule has 1 aliphatic carbocycles. The third-order valence-electron chi connectivity index (χ3n) is 4.68. The number of nitrogens with one attached hydrogen (secondary N) is 1. The first-order valence-electron chi connectivity index (χ1n) is 8.40. The molecule has 4 rings (SSSR count). The predicted molar refractivity (Wildman–Crippen MR) is 99.3 cm³/mol. The zero-order valence-corrected chi connectivity index (χ0v) is 15.6. The molecule has 3 aromatic rings. The van der Waals surface area contributed by atoms with Crippen molar-refractivity contribution >= 4 is 34.4 Å². The fourth-order valence-corrected chi connectivity index (χ4v) is 4.38. The van der Waals surface area contributed by atoms with E-state index >= 15 is 0 Å². The number of pyridine rings is 1. The van der Waals surface area contributed by atoms with Crippen molar-refractivity contribution in [3.63, 3.8) is 0 Å². The van der Waals surface area contributed by atoms with Crippen LogP contribution in [0.15, 0.2) is 30.6 Å². The molecule has 3 N–H and O–H groups in total. The lowest BCUT2D eigenvalue weighted by Crippen LogP contribution is -2.59. The highest BCUT2D eigenvalue weighted by Gasteiger charge is 2.46. The van der Waals surface area contributed by atoms with Crippen molar-refractivity contribution in [2.45, 2.75) is 37.3 Å². The average molecular weight is 412 g/mol. The van der Waals surface area contributed by atoms with Crippen LogP contribution in [0.3, 0.4) is 0 Å². The van der Waals surface area contributed by atoms with Gasteiger partial charge in [0.2, 0.25) is 0 Å². The van der Waals surface area contributed by atoms with Crippen LogP contribution >= 0.6 is 22.9 Å². The second-order valence-corrected chi connectivity index (χ2v) is 8.10. The molecule has 0 aliphatic heterocycles. The third kappa shape index (κ3) is 3.30. The van der Waals surface area contributed by atoms with Gasteiger partial charge in [0.15, 0.2) is 5.01 Å². The van der Waals surface area contributed by atoms with E-state index in [-0.39, 0.29) is 11.4 Å². The minimum absolute atomic E-state index is 0.0128. The highest BCUT2D eigenvalue weighted by atomic mass is 35.5. The quantitative estimate of drug-likeness (QED) is 0.692. The molecule has 0 radical (unpaired) electrons. The normalized spacial score (nSPS) is 22.1. The van der Waals surface area contributed by atoms with Crippen LogP contribution in [0.2, 0.25) is 4.34 Å². The minimum Gasteiger partial charge on any atom is -0.340 e. The SMILES string of the molecule is N[C@H]1CCCC(F)(F)[C@@H]1NC(=O)c1nc(-c2cnn3ccccc23)c(Cl)s1. The van der Waals surface area contributed by atoms with Crippen LogP contribution in [-0.2, 0) is 0 Å². The largest absolute Gasteiger partial charge is 0.340 e. The summed E-state index contributed by atoms with van der Waals surface area (Å²) >= 11 is 7.21. The third-order valence-corrected chi connectivity index (χ3v) is 5.93. The first-order valence-corrected chi connectivity index (χ1v) is 9.59. The second kappa shape index (κ2) is 6.81. The molecule has 3 aromatic heterocycles. The van der Waals surface area contributed by atoms with E-state index in [1.54, 1.807) is 16.9 Å². The zero-order chi connectivity index (χ0) is 19.2. The topological polar surface area (TPSA) is 85.3 Å². The summed E-state index contributed by atoms with van der Waals surface area (Å²) in [6.07, 6.45) is 3.86. The van der Waals surface area contributed by atoms with Gasteiger partial charge in [0.25, 0.3) is 11.8 Å². The summed E-state index contributed by atoms with van der Waals surface area (Å²) in [5.74, 6) is -3.74. The summed E-state index contributed by atoms with van der Waals surface area (Å²) in [6, 6.07) is 3.31. The van der Waals surface area contributed by atoms with Crippen molar-refractivity contribution in [1.82, 2.24) is 19.9 Å². The van der Waals surface area contributed by atoms with Gasteiger partial charge in [-0.2, -0.15) is 5.10 Å². The van der Waals surface area contributed by atoms with E-state index in [0.29, 0.717) is 28.4 Å². The molecule has 3 heterocycles. The Kier molecular flexibility index (Phi) is 4.61. The van der Waals surface area contributed by atoms with E-state index in [2.05, 4.69) is 15.4 Å². The molecular weight excluding hydrogens is 396 g/mol. The van der Waals surface area contributed by atoms with Gasteiger partial charge in [-0.25, -0.2) is 18.3 Å². The van der Waals surface area contributed by atoms with Crippen molar-refractivity contribution in [3.8, 4) is 11.3 Å². The summed E-state index contributed by atoms with van der Waals surface area (Å²) in [5.41, 5.74) is 7.64. The molecular formula is C17H16ClF2N5OS. The van der Waals surface area contributed by atoms with Crippen molar-refractivity contribution in [2.24, 2.45) is 5.73 Å². The maximum atomic E-state index is 14.1. The van der Waals surface area contributed by atoms with Crippen LogP contribution in [0.25, 0.3) is 16.8 Å². The van der Waals surface area contributed by atoms with Crippen LogP contribution in [0.4, 0.5) is 8.78 Å². The molecule has 142 valence electrons. The highest BCUT2D eigenvalue weighted by molar-refractivity contribution is 7.18. The van der Waals surface area contributed by atoms with E-state index in [1.807, 2.05) is 18.2 Å². The van der Waals surface area contributed by atoms with Gasteiger partial charge in [-0.1, -0.05) is 29.0 Å². The maximum Gasteiger partial charge on any atom is 0.280 e. The molecule has 0 aromatic carbocycles. The number of thiazole rings is 1. The highest BCUT2D eigenvalue weighted by Crippen LogP contribution is 2.36. The summed E-state index contributed by atoms with van der Waals surface area (Å²) in [4.78, 5) is 16.8. The van der Waals surface area contributed by atoms with Crippen LogP contribution in [-0.4, -0.2) is 38.5 Å². The summed E-state index contributed by atoms with van der Waals surface area (Å²) in [6.45, 7) is 0. The van der Waals surface area contributed by atoms with Crippen molar-refractivity contribution in [3.05, 3.63) is 39.9 Å². The maximum absolute atomic E-state index is 14.1. The number of rotatable bonds is 3. The smallest absolute Gasteiger partial charge is 0.280 e. The van der Waals surface area contributed by atoms with Gasteiger partial charge in [-0.3, -0.25) is 4.79 Å². The molecule has 2 atom stereocenters. The van der Waals surface area contributed by atoms with Crippen molar-refractivity contribution in [2.75, 3.05) is 0 Å². The minimum atomic E-state index is -3.04. The van der Waals surface area contributed by atoms with Gasteiger partial charge in [-0.15, -0.1) is 0 Å². The number of halogens is 3. The number of nitrogens with zero attached hydrogens (tertiary/aromatic N) is 3. The number of amides is 1.